The van der Waals surface area contributed by atoms with E-state index in [0.717, 1.165) is 30.0 Å². The molecule has 2 atom stereocenters. The number of benzene rings is 1. The van der Waals surface area contributed by atoms with Crippen LogP contribution >= 0.6 is 0 Å². The van der Waals surface area contributed by atoms with E-state index in [0.29, 0.717) is 18.9 Å². The lowest BCUT2D eigenvalue weighted by molar-refractivity contribution is 0.0696. The second kappa shape index (κ2) is 8.73. The predicted octanol–water partition coefficient (Wildman–Crippen LogP) is 4.97. The minimum absolute atomic E-state index is 0.0306. The number of carboxylic acid groups (broad SMARTS) is 1. The molecule has 2 unspecified atom stereocenters. The highest BCUT2D eigenvalue weighted by Crippen LogP contribution is 2.33. The molecular formula is C25H30N2O5. The summed E-state index contributed by atoms with van der Waals surface area (Å²) in [4.78, 5) is 25.8. The molecule has 2 heterocycles. The number of hydrogen-bond acceptors (Lipinski definition) is 4. The van der Waals surface area contributed by atoms with Gasteiger partial charge in [0.05, 0.1) is 13.2 Å². The summed E-state index contributed by atoms with van der Waals surface area (Å²) in [6, 6.07) is 9.52. The third-order valence-corrected chi connectivity index (χ3v) is 6.08. The van der Waals surface area contributed by atoms with Gasteiger partial charge in [-0.05, 0) is 56.7 Å². The predicted molar refractivity (Wildman–Crippen MR) is 122 cm³/mol. The Hall–Kier alpha value is -3.22. The van der Waals surface area contributed by atoms with E-state index in [4.69, 9.17) is 9.15 Å². The summed E-state index contributed by atoms with van der Waals surface area (Å²) in [5.41, 5.74) is -0.659. The zero-order chi connectivity index (χ0) is 22.9. The molecule has 1 N–H and O–H groups in total. The van der Waals surface area contributed by atoms with E-state index < -0.39 is 11.6 Å². The summed E-state index contributed by atoms with van der Waals surface area (Å²) >= 11 is 0. The Balaban J connectivity index is 1.35. The summed E-state index contributed by atoms with van der Waals surface area (Å²) in [6.45, 7) is 6.57. The number of ether oxygens (including phenoxy) is 1. The van der Waals surface area contributed by atoms with Crippen molar-refractivity contribution in [1.29, 1.82) is 0 Å². The molecule has 3 aromatic rings. The molecule has 1 saturated carbocycles. The second-order valence-corrected chi connectivity index (χ2v) is 9.60. The number of aromatic nitrogens is 1. The summed E-state index contributed by atoms with van der Waals surface area (Å²) in [6.07, 6.45) is 6.93. The number of rotatable bonds is 6. The van der Waals surface area contributed by atoms with Crippen LogP contribution in [0.1, 0.15) is 45.8 Å². The molecule has 1 fully saturated rings. The highest BCUT2D eigenvalue weighted by Gasteiger charge is 2.38. The summed E-state index contributed by atoms with van der Waals surface area (Å²) in [5.74, 6) is 0.960. The molecule has 1 aromatic carbocycles. The molecule has 1 aliphatic carbocycles. The molecule has 7 nitrogen and oxygen atoms in total. The first kappa shape index (κ1) is 22.0. The van der Waals surface area contributed by atoms with Gasteiger partial charge in [0.2, 0.25) is 11.2 Å². The van der Waals surface area contributed by atoms with E-state index in [1.54, 1.807) is 4.90 Å². The van der Waals surface area contributed by atoms with Crippen molar-refractivity contribution < 1.29 is 19.1 Å². The SMILES string of the molecule is CC(C)(C)N(C(=O)O)C1CCC(COc2coc(Cn3cc4ccccc4c3)cc2=O)C1. The van der Waals surface area contributed by atoms with Gasteiger partial charge in [0.25, 0.3) is 0 Å². The highest BCUT2D eigenvalue weighted by molar-refractivity contribution is 5.82. The van der Waals surface area contributed by atoms with Crippen molar-refractivity contribution in [3.63, 3.8) is 0 Å². The average Bonchev–Trinajstić information content (AvgIpc) is 3.32. The molecule has 0 bridgehead atoms. The fourth-order valence-corrected chi connectivity index (χ4v) is 4.67. The molecule has 7 heteroatoms. The standard InChI is InChI=1S/C25H30N2O5/c1-25(2,3)27(24(29)30)20-9-8-17(10-20)15-32-23-16-31-21(11-22(23)28)14-26-12-18-6-4-5-7-19(18)13-26/h4-7,11-13,16-17,20H,8-10,14-15H2,1-3H3,(H,29,30). The van der Waals surface area contributed by atoms with Gasteiger partial charge in [0.15, 0.2) is 0 Å². The van der Waals surface area contributed by atoms with Crippen LogP contribution in [0.15, 0.2) is 58.2 Å². The van der Waals surface area contributed by atoms with Gasteiger partial charge in [-0.2, -0.15) is 0 Å². The number of fused-ring (bicyclic) bond motifs is 1. The topological polar surface area (TPSA) is 84.9 Å². The van der Waals surface area contributed by atoms with Crippen LogP contribution in [-0.4, -0.2) is 38.9 Å². The molecule has 2 aromatic heterocycles. The maximum Gasteiger partial charge on any atom is 0.407 e. The smallest absolute Gasteiger partial charge is 0.407 e. The number of amides is 1. The van der Waals surface area contributed by atoms with Gasteiger partial charge >= 0.3 is 6.09 Å². The van der Waals surface area contributed by atoms with Crippen LogP contribution in [0, 0.1) is 5.92 Å². The molecular weight excluding hydrogens is 408 g/mol. The Morgan fingerprint density at radius 1 is 1.22 bits per heavy atom. The summed E-state index contributed by atoms with van der Waals surface area (Å²) in [5, 5.41) is 11.9. The molecule has 4 rings (SSSR count). The molecule has 0 saturated heterocycles. The van der Waals surface area contributed by atoms with Gasteiger partial charge in [-0.1, -0.05) is 24.3 Å². The fourth-order valence-electron chi connectivity index (χ4n) is 4.67. The van der Waals surface area contributed by atoms with Crippen LogP contribution in [0.4, 0.5) is 4.79 Å². The van der Waals surface area contributed by atoms with E-state index in [1.807, 2.05) is 62.0 Å². The molecule has 1 aliphatic rings. The number of carbonyl (C=O) groups is 1. The first-order valence-electron chi connectivity index (χ1n) is 11.0. The summed E-state index contributed by atoms with van der Waals surface area (Å²) < 4.78 is 13.4. The lowest BCUT2D eigenvalue weighted by Crippen LogP contribution is -2.50. The lowest BCUT2D eigenvalue weighted by atomic mass is 10.0. The van der Waals surface area contributed by atoms with Crippen molar-refractivity contribution in [2.24, 2.45) is 5.92 Å². The Morgan fingerprint density at radius 2 is 1.91 bits per heavy atom. The third-order valence-electron chi connectivity index (χ3n) is 6.08. The van der Waals surface area contributed by atoms with Gasteiger partial charge in [0, 0.05) is 30.0 Å². The quantitative estimate of drug-likeness (QED) is 0.587. The van der Waals surface area contributed by atoms with Crippen LogP contribution in [-0.2, 0) is 6.54 Å². The van der Waals surface area contributed by atoms with Crippen molar-refractivity contribution in [2.45, 2.75) is 58.2 Å². The Labute approximate surface area is 187 Å². The maximum absolute atomic E-state index is 12.5. The molecule has 170 valence electrons. The van der Waals surface area contributed by atoms with E-state index in [1.165, 1.54) is 12.3 Å². The van der Waals surface area contributed by atoms with Crippen LogP contribution < -0.4 is 10.2 Å². The lowest BCUT2D eigenvalue weighted by Gasteiger charge is -2.38. The van der Waals surface area contributed by atoms with Crippen molar-refractivity contribution >= 4 is 16.9 Å². The van der Waals surface area contributed by atoms with Crippen molar-refractivity contribution in [3.05, 3.63) is 65.0 Å². The van der Waals surface area contributed by atoms with Gasteiger partial charge in [0.1, 0.15) is 12.0 Å². The Bertz CT molecular complexity index is 1120. The highest BCUT2D eigenvalue weighted by atomic mass is 16.5. The normalized spacial score (nSPS) is 18.7. The molecule has 1 amide bonds. The average molecular weight is 439 g/mol. The monoisotopic (exact) mass is 438 g/mol. The first-order chi connectivity index (χ1) is 15.2. The number of nitrogens with zero attached hydrogens (tertiary/aromatic N) is 2. The second-order valence-electron chi connectivity index (χ2n) is 9.60. The van der Waals surface area contributed by atoms with Gasteiger partial charge < -0.3 is 23.7 Å². The van der Waals surface area contributed by atoms with Crippen LogP contribution in [0.3, 0.4) is 0 Å². The largest absolute Gasteiger partial charge is 0.486 e. The van der Waals surface area contributed by atoms with Gasteiger partial charge in [-0.25, -0.2) is 4.79 Å². The van der Waals surface area contributed by atoms with E-state index >= 15 is 0 Å². The van der Waals surface area contributed by atoms with Gasteiger partial charge in [-0.15, -0.1) is 0 Å². The van der Waals surface area contributed by atoms with Crippen LogP contribution in [0.5, 0.6) is 5.75 Å². The minimum Gasteiger partial charge on any atom is -0.486 e. The van der Waals surface area contributed by atoms with E-state index in [-0.39, 0.29) is 23.1 Å². The molecule has 0 aliphatic heterocycles. The number of hydrogen-bond donors (Lipinski definition) is 1. The zero-order valence-electron chi connectivity index (χ0n) is 18.8. The van der Waals surface area contributed by atoms with E-state index in [9.17, 15) is 14.7 Å². The minimum atomic E-state index is -0.893. The van der Waals surface area contributed by atoms with Crippen molar-refractivity contribution in [2.75, 3.05) is 6.61 Å². The van der Waals surface area contributed by atoms with Crippen molar-refractivity contribution in [1.82, 2.24) is 9.47 Å². The Kier molecular flexibility index (Phi) is 6.00. The van der Waals surface area contributed by atoms with Crippen molar-refractivity contribution in [3.8, 4) is 5.75 Å². The third kappa shape index (κ3) is 4.82. The molecule has 32 heavy (non-hydrogen) atoms. The maximum atomic E-state index is 12.5. The van der Waals surface area contributed by atoms with E-state index in [2.05, 4.69) is 0 Å². The first-order valence-corrected chi connectivity index (χ1v) is 11.0. The van der Waals surface area contributed by atoms with Crippen LogP contribution in [0.2, 0.25) is 0 Å². The zero-order valence-corrected chi connectivity index (χ0v) is 18.8. The summed E-state index contributed by atoms with van der Waals surface area (Å²) in [7, 11) is 0. The van der Waals surface area contributed by atoms with Gasteiger partial charge in [-0.3, -0.25) is 4.79 Å². The fraction of sp³-hybridized carbons (Fsp3) is 0.440. The Morgan fingerprint density at radius 3 is 2.50 bits per heavy atom. The molecule has 0 radical (unpaired) electrons. The molecule has 0 spiro atoms. The van der Waals surface area contributed by atoms with Crippen LogP contribution in [0.25, 0.3) is 10.8 Å².